The van der Waals surface area contributed by atoms with Gasteiger partial charge in [0.2, 0.25) is 11.6 Å². The maximum atomic E-state index is 12.6. The van der Waals surface area contributed by atoms with E-state index >= 15 is 0 Å². The molecule has 0 spiro atoms. The van der Waals surface area contributed by atoms with Crippen molar-refractivity contribution in [1.82, 2.24) is 0 Å². The molecule has 1 saturated heterocycles. The summed E-state index contributed by atoms with van der Waals surface area (Å²) < 4.78 is 20.5. The van der Waals surface area contributed by atoms with E-state index in [0.717, 1.165) is 6.07 Å². The molecule has 0 bridgehead atoms. The van der Waals surface area contributed by atoms with Crippen LogP contribution in [0.4, 0.5) is 0 Å². The molecule has 0 saturated carbocycles. The molecule has 4 N–H and O–H groups in total. The number of aliphatic hydroxyl groups excluding tert-OH is 4. The summed E-state index contributed by atoms with van der Waals surface area (Å²) in [6.45, 7) is -1.26. The molecule has 4 rings (SSSR count). The molecule has 1 aliphatic heterocycles. The molecule has 2 aromatic rings. The summed E-state index contributed by atoms with van der Waals surface area (Å²) in [6, 6.07) is 7.31. The van der Waals surface area contributed by atoms with Gasteiger partial charge in [-0.2, -0.15) is 0 Å². The SMILES string of the molecule is O=C(CC(=O)c1cc2c(o1)C(=O)c1ccccc1C2=O)OCCOC1OC(CO)[C@@H](O)[C@H](O)[C@H]1O. The highest BCUT2D eigenvalue weighted by molar-refractivity contribution is 6.28. The van der Waals surface area contributed by atoms with Crippen molar-refractivity contribution < 1.29 is 58.2 Å². The fraction of sp³-hybridized carbons (Fsp3) is 0.391. The minimum absolute atomic E-state index is 0.0571. The molecule has 1 aromatic carbocycles. The van der Waals surface area contributed by atoms with Crippen LogP contribution >= 0.6 is 0 Å². The van der Waals surface area contributed by atoms with Gasteiger partial charge in [0, 0.05) is 11.1 Å². The number of aliphatic hydroxyl groups is 4. The van der Waals surface area contributed by atoms with Crippen LogP contribution in [0.1, 0.15) is 49.0 Å². The van der Waals surface area contributed by atoms with Crippen LogP contribution in [0.15, 0.2) is 34.7 Å². The van der Waals surface area contributed by atoms with Gasteiger partial charge in [0.1, 0.15) is 37.4 Å². The maximum absolute atomic E-state index is 12.6. The zero-order chi connectivity index (χ0) is 25.3. The Balaban J connectivity index is 1.29. The Morgan fingerprint density at radius 3 is 2.29 bits per heavy atom. The van der Waals surface area contributed by atoms with Gasteiger partial charge in [0.15, 0.2) is 23.6 Å². The number of furan rings is 1. The standard InChI is InChI=1S/C23H22O12/c24-9-15-19(29)20(30)21(31)23(35-15)33-6-5-32-16(26)8-13(25)14-7-12-17(27)10-3-1-2-4-11(10)18(28)22(12)34-14/h1-4,7,15,19-21,23-24,29-31H,5-6,8-9H2/t15?,19-,20+,21-,23?/m1/s1. The van der Waals surface area contributed by atoms with Gasteiger partial charge in [-0.15, -0.1) is 0 Å². The van der Waals surface area contributed by atoms with Gasteiger partial charge < -0.3 is 39.1 Å². The van der Waals surface area contributed by atoms with Gasteiger partial charge in [-0.3, -0.25) is 19.2 Å². The number of carbonyl (C=O) groups excluding carboxylic acids is 4. The van der Waals surface area contributed by atoms with Gasteiger partial charge in [-0.05, 0) is 6.07 Å². The lowest BCUT2D eigenvalue weighted by molar-refractivity contribution is -0.302. The van der Waals surface area contributed by atoms with Crippen LogP contribution < -0.4 is 0 Å². The number of esters is 1. The molecular weight excluding hydrogens is 468 g/mol. The Hall–Kier alpha value is -3.26. The van der Waals surface area contributed by atoms with E-state index in [-0.39, 0.29) is 41.4 Å². The first kappa shape index (κ1) is 24.9. The predicted octanol–water partition coefficient (Wildman–Crippen LogP) is -1.01. The Kier molecular flexibility index (Phi) is 7.21. The lowest BCUT2D eigenvalue weighted by atomic mass is 9.88. The maximum Gasteiger partial charge on any atom is 0.313 e. The summed E-state index contributed by atoms with van der Waals surface area (Å²) in [4.78, 5) is 49.7. The first-order chi connectivity index (χ1) is 16.7. The highest BCUT2D eigenvalue weighted by Gasteiger charge is 2.44. The second-order valence-corrected chi connectivity index (χ2v) is 7.95. The van der Waals surface area contributed by atoms with E-state index in [1.54, 1.807) is 12.1 Å². The summed E-state index contributed by atoms with van der Waals surface area (Å²) in [5.74, 6) is -3.35. The summed E-state index contributed by atoms with van der Waals surface area (Å²) in [5.41, 5.74) is 0.305. The topological polar surface area (TPSA) is 190 Å². The number of hydrogen-bond donors (Lipinski definition) is 4. The van der Waals surface area contributed by atoms with Crippen molar-refractivity contribution in [3.05, 3.63) is 58.5 Å². The Morgan fingerprint density at radius 1 is 0.914 bits per heavy atom. The number of fused-ring (bicyclic) bond motifs is 2. The van der Waals surface area contributed by atoms with Crippen LogP contribution in [-0.2, 0) is 19.0 Å². The lowest BCUT2D eigenvalue weighted by Gasteiger charge is -2.39. The molecule has 1 aromatic heterocycles. The molecule has 1 aliphatic carbocycles. The molecule has 2 heterocycles. The van der Waals surface area contributed by atoms with Crippen molar-refractivity contribution >= 4 is 23.3 Å². The number of ether oxygens (including phenoxy) is 3. The molecule has 12 heteroatoms. The quantitative estimate of drug-likeness (QED) is 0.130. The van der Waals surface area contributed by atoms with Gasteiger partial charge in [-0.1, -0.05) is 24.3 Å². The first-order valence-corrected chi connectivity index (χ1v) is 10.7. The molecule has 2 aliphatic rings. The largest absolute Gasteiger partial charge is 0.463 e. The number of carbonyl (C=O) groups is 4. The van der Waals surface area contributed by atoms with Crippen LogP contribution in [0, 0.1) is 0 Å². The van der Waals surface area contributed by atoms with Gasteiger partial charge in [-0.25, -0.2) is 0 Å². The molecule has 35 heavy (non-hydrogen) atoms. The Bertz CT molecular complexity index is 1100. The van der Waals surface area contributed by atoms with Crippen LogP contribution in [0.25, 0.3) is 0 Å². The zero-order valence-electron chi connectivity index (χ0n) is 18.2. The van der Waals surface area contributed by atoms with Gasteiger partial charge in [0.25, 0.3) is 0 Å². The van der Waals surface area contributed by atoms with Crippen molar-refractivity contribution in [3.8, 4) is 0 Å². The molecule has 0 amide bonds. The average molecular weight is 490 g/mol. The third kappa shape index (κ3) is 4.80. The van der Waals surface area contributed by atoms with Crippen LogP contribution in [0.3, 0.4) is 0 Å². The van der Waals surface area contributed by atoms with E-state index in [4.69, 9.17) is 23.7 Å². The molecule has 0 radical (unpaired) electrons. The average Bonchev–Trinajstić information content (AvgIpc) is 3.31. The fourth-order valence-corrected chi connectivity index (χ4v) is 3.81. The normalized spacial score (nSPS) is 25.7. The summed E-state index contributed by atoms with van der Waals surface area (Å²) >= 11 is 0. The van der Waals surface area contributed by atoms with E-state index in [1.165, 1.54) is 12.1 Å². The molecule has 12 nitrogen and oxygen atoms in total. The molecule has 2 unspecified atom stereocenters. The molecule has 5 atom stereocenters. The van der Waals surface area contributed by atoms with E-state index in [1.807, 2.05) is 0 Å². The Labute approximate surface area is 197 Å². The van der Waals surface area contributed by atoms with Crippen molar-refractivity contribution in [2.75, 3.05) is 19.8 Å². The zero-order valence-corrected chi connectivity index (χ0v) is 18.2. The molecular formula is C23H22O12. The number of hydrogen-bond acceptors (Lipinski definition) is 12. The van der Waals surface area contributed by atoms with E-state index < -0.39 is 67.1 Å². The molecule has 186 valence electrons. The third-order valence-electron chi connectivity index (χ3n) is 5.66. The predicted molar refractivity (Wildman–Crippen MR) is 112 cm³/mol. The second kappa shape index (κ2) is 10.2. The summed E-state index contributed by atoms with van der Waals surface area (Å²) in [5, 5.41) is 38.5. The minimum Gasteiger partial charge on any atom is -0.463 e. The van der Waals surface area contributed by atoms with Gasteiger partial charge >= 0.3 is 5.97 Å². The second-order valence-electron chi connectivity index (χ2n) is 7.95. The van der Waals surface area contributed by atoms with Crippen molar-refractivity contribution in [3.63, 3.8) is 0 Å². The van der Waals surface area contributed by atoms with Gasteiger partial charge in [0.05, 0.1) is 18.8 Å². The van der Waals surface area contributed by atoms with E-state index in [2.05, 4.69) is 0 Å². The number of ketones is 3. The third-order valence-corrected chi connectivity index (χ3v) is 5.66. The van der Waals surface area contributed by atoms with Crippen LogP contribution in [0.2, 0.25) is 0 Å². The van der Waals surface area contributed by atoms with Crippen LogP contribution in [-0.4, -0.2) is 94.3 Å². The first-order valence-electron chi connectivity index (χ1n) is 10.7. The number of benzene rings is 1. The van der Waals surface area contributed by atoms with Crippen molar-refractivity contribution in [2.45, 2.75) is 37.1 Å². The summed E-state index contributed by atoms with van der Waals surface area (Å²) in [6.07, 6.45) is -8.03. The van der Waals surface area contributed by atoms with Crippen LogP contribution in [0.5, 0.6) is 0 Å². The number of Topliss-reactive ketones (excluding diaryl/α,β-unsaturated/α-hetero) is 1. The Morgan fingerprint density at radius 2 is 1.60 bits per heavy atom. The minimum atomic E-state index is -1.61. The highest BCUT2D eigenvalue weighted by atomic mass is 16.7. The smallest absolute Gasteiger partial charge is 0.313 e. The van der Waals surface area contributed by atoms with Crippen molar-refractivity contribution in [2.24, 2.45) is 0 Å². The highest BCUT2D eigenvalue weighted by Crippen LogP contribution is 2.30. The number of rotatable bonds is 8. The molecule has 1 fully saturated rings. The van der Waals surface area contributed by atoms with Crippen molar-refractivity contribution in [1.29, 1.82) is 0 Å². The fourth-order valence-electron chi connectivity index (χ4n) is 3.81. The van der Waals surface area contributed by atoms with E-state index in [9.17, 15) is 34.5 Å². The summed E-state index contributed by atoms with van der Waals surface area (Å²) in [7, 11) is 0. The monoisotopic (exact) mass is 490 g/mol. The lowest BCUT2D eigenvalue weighted by Crippen LogP contribution is -2.59. The van der Waals surface area contributed by atoms with E-state index in [0.29, 0.717) is 0 Å².